The van der Waals surface area contributed by atoms with Crippen LogP contribution in [0.1, 0.15) is 35.1 Å². The van der Waals surface area contributed by atoms with Gasteiger partial charge in [0.2, 0.25) is 5.91 Å². The fourth-order valence-electron chi connectivity index (χ4n) is 1.83. The number of rotatable bonds is 8. The molecular weight excluding hydrogens is 304 g/mol. The molecule has 3 N–H and O–H groups in total. The SMILES string of the molecule is O=C(CCCNC(=O)c1ccsc1)NCC(O)c1ccco1. The maximum absolute atomic E-state index is 11.6. The van der Waals surface area contributed by atoms with Gasteiger partial charge in [-0.1, -0.05) is 0 Å². The van der Waals surface area contributed by atoms with Gasteiger partial charge in [-0.25, -0.2) is 0 Å². The van der Waals surface area contributed by atoms with Crippen molar-refractivity contribution in [2.45, 2.75) is 18.9 Å². The van der Waals surface area contributed by atoms with Crippen LogP contribution in [0.4, 0.5) is 0 Å². The Kier molecular flexibility index (Phi) is 6.17. The van der Waals surface area contributed by atoms with Crippen LogP contribution < -0.4 is 10.6 Å². The van der Waals surface area contributed by atoms with E-state index < -0.39 is 6.10 Å². The first kappa shape index (κ1) is 16.3. The second-order valence-corrected chi connectivity index (χ2v) is 5.49. The lowest BCUT2D eigenvalue weighted by Gasteiger charge is -2.09. The fourth-order valence-corrected chi connectivity index (χ4v) is 2.46. The number of amides is 2. The van der Waals surface area contributed by atoms with E-state index in [0.717, 1.165) is 0 Å². The number of aliphatic hydroxyl groups is 1. The van der Waals surface area contributed by atoms with Crippen molar-refractivity contribution in [3.8, 4) is 0 Å². The Bertz CT molecular complexity index is 581. The lowest BCUT2D eigenvalue weighted by Crippen LogP contribution is -2.29. The largest absolute Gasteiger partial charge is 0.467 e. The maximum Gasteiger partial charge on any atom is 0.252 e. The highest BCUT2D eigenvalue weighted by atomic mass is 32.1. The van der Waals surface area contributed by atoms with E-state index >= 15 is 0 Å². The minimum atomic E-state index is -0.850. The highest BCUT2D eigenvalue weighted by molar-refractivity contribution is 7.08. The van der Waals surface area contributed by atoms with Crippen molar-refractivity contribution in [1.29, 1.82) is 0 Å². The van der Waals surface area contributed by atoms with Gasteiger partial charge in [0, 0.05) is 23.9 Å². The molecule has 0 aliphatic heterocycles. The minimum Gasteiger partial charge on any atom is -0.467 e. The third-order valence-electron chi connectivity index (χ3n) is 3.01. The summed E-state index contributed by atoms with van der Waals surface area (Å²) in [6.07, 6.45) is 1.45. The molecule has 2 amide bonds. The lowest BCUT2D eigenvalue weighted by molar-refractivity contribution is -0.121. The molecule has 0 aromatic carbocycles. The van der Waals surface area contributed by atoms with Crippen molar-refractivity contribution in [2.24, 2.45) is 0 Å². The van der Waals surface area contributed by atoms with Crippen molar-refractivity contribution < 1.29 is 19.1 Å². The average Bonchev–Trinajstić information content (AvgIpc) is 3.21. The first-order valence-electron chi connectivity index (χ1n) is 6.95. The molecule has 2 heterocycles. The van der Waals surface area contributed by atoms with Crippen LogP contribution in [0.25, 0.3) is 0 Å². The van der Waals surface area contributed by atoms with Crippen LogP contribution in [0.5, 0.6) is 0 Å². The van der Waals surface area contributed by atoms with E-state index in [-0.39, 0.29) is 24.8 Å². The third-order valence-corrected chi connectivity index (χ3v) is 3.70. The molecule has 2 aromatic rings. The van der Waals surface area contributed by atoms with Crippen molar-refractivity contribution in [2.75, 3.05) is 13.1 Å². The normalized spacial score (nSPS) is 11.9. The molecule has 0 spiro atoms. The molecule has 1 unspecified atom stereocenters. The molecule has 0 fully saturated rings. The molecule has 1 atom stereocenters. The van der Waals surface area contributed by atoms with Gasteiger partial charge in [0.25, 0.3) is 5.91 Å². The Hall–Kier alpha value is -2.12. The lowest BCUT2D eigenvalue weighted by atomic mass is 10.2. The van der Waals surface area contributed by atoms with Crippen LogP contribution in [-0.4, -0.2) is 30.0 Å². The minimum absolute atomic E-state index is 0.105. The van der Waals surface area contributed by atoms with Crippen LogP contribution in [-0.2, 0) is 4.79 Å². The van der Waals surface area contributed by atoms with Crippen LogP contribution in [0, 0.1) is 0 Å². The van der Waals surface area contributed by atoms with Gasteiger partial charge in [-0.3, -0.25) is 9.59 Å². The molecule has 0 saturated heterocycles. The van der Waals surface area contributed by atoms with Gasteiger partial charge in [0.15, 0.2) is 0 Å². The van der Waals surface area contributed by atoms with Gasteiger partial charge in [-0.2, -0.15) is 11.3 Å². The van der Waals surface area contributed by atoms with E-state index in [0.29, 0.717) is 24.3 Å². The van der Waals surface area contributed by atoms with Gasteiger partial charge in [0.05, 0.1) is 12.8 Å². The molecule has 0 saturated carbocycles. The summed E-state index contributed by atoms with van der Waals surface area (Å²) in [4.78, 5) is 23.3. The molecule has 6 nitrogen and oxygen atoms in total. The first-order chi connectivity index (χ1) is 10.7. The van der Waals surface area contributed by atoms with Crippen LogP contribution in [0.2, 0.25) is 0 Å². The maximum atomic E-state index is 11.6. The molecule has 0 radical (unpaired) electrons. The number of thiophene rings is 1. The molecule has 7 heteroatoms. The number of hydrogen-bond acceptors (Lipinski definition) is 5. The van der Waals surface area contributed by atoms with E-state index in [2.05, 4.69) is 10.6 Å². The summed E-state index contributed by atoms with van der Waals surface area (Å²) >= 11 is 1.46. The van der Waals surface area contributed by atoms with E-state index in [4.69, 9.17) is 4.42 Å². The topological polar surface area (TPSA) is 91.6 Å². The van der Waals surface area contributed by atoms with E-state index in [9.17, 15) is 14.7 Å². The van der Waals surface area contributed by atoms with Crippen molar-refractivity contribution in [3.05, 3.63) is 46.5 Å². The summed E-state index contributed by atoms with van der Waals surface area (Å²) in [5.41, 5.74) is 0.635. The van der Waals surface area contributed by atoms with Crippen molar-refractivity contribution in [1.82, 2.24) is 10.6 Å². The monoisotopic (exact) mass is 322 g/mol. The zero-order valence-electron chi connectivity index (χ0n) is 12.0. The van der Waals surface area contributed by atoms with Gasteiger partial charge in [-0.05, 0) is 30.0 Å². The molecule has 0 aliphatic carbocycles. The van der Waals surface area contributed by atoms with Crippen LogP contribution in [0.3, 0.4) is 0 Å². The fraction of sp³-hybridized carbons (Fsp3) is 0.333. The van der Waals surface area contributed by atoms with Crippen molar-refractivity contribution in [3.63, 3.8) is 0 Å². The molecule has 22 heavy (non-hydrogen) atoms. The number of carbonyl (C=O) groups is 2. The predicted molar refractivity (Wildman–Crippen MR) is 82.6 cm³/mol. The molecule has 118 valence electrons. The molecular formula is C15H18N2O4S. The first-order valence-corrected chi connectivity index (χ1v) is 7.89. The molecule has 2 rings (SSSR count). The average molecular weight is 322 g/mol. The number of hydrogen-bond donors (Lipinski definition) is 3. The Morgan fingerprint density at radius 2 is 2.18 bits per heavy atom. The van der Waals surface area contributed by atoms with Gasteiger partial charge < -0.3 is 20.2 Å². The number of furan rings is 1. The zero-order valence-corrected chi connectivity index (χ0v) is 12.8. The van der Waals surface area contributed by atoms with Crippen molar-refractivity contribution >= 4 is 23.2 Å². The van der Waals surface area contributed by atoms with E-state index in [1.165, 1.54) is 17.6 Å². The van der Waals surface area contributed by atoms with Crippen LogP contribution in [0.15, 0.2) is 39.6 Å². The summed E-state index contributed by atoms with van der Waals surface area (Å²) < 4.78 is 5.04. The van der Waals surface area contributed by atoms with Gasteiger partial charge in [-0.15, -0.1) is 0 Å². The second-order valence-electron chi connectivity index (χ2n) is 4.71. The number of aliphatic hydroxyl groups excluding tert-OH is 1. The zero-order chi connectivity index (χ0) is 15.8. The number of nitrogens with one attached hydrogen (secondary N) is 2. The summed E-state index contributed by atoms with van der Waals surface area (Å²) in [5, 5.41) is 18.7. The molecule has 2 aromatic heterocycles. The molecule has 0 aliphatic rings. The van der Waals surface area contributed by atoms with E-state index in [1.807, 2.05) is 5.38 Å². The number of carbonyl (C=O) groups excluding carboxylic acids is 2. The quantitative estimate of drug-likeness (QED) is 0.645. The smallest absolute Gasteiger partial charge is 0.252 e. The highest BCUT2D eigenvalue weighted by Crippen LogP contribution is 2.11. The second kappa shape index (κ2) is 8.35. The Morgan fingerprint density at radius 1 is 1.32 bits per heavy atom. The third kappa shape index (κ3) is 5.01. The highest BCUT2D eigenvalue weighted by Gasteiger charge is 2.11. The Labute approximate surface area is 132 Å². The standard InChI is InChI=1S/C15H18N2O4S/c18-12(13-3-2-7-21-13)9-17-14(19)4-1-6-16-15(20)11-5-8-22-10-11/h2-3,5,7-8,10,12,18H,1,4,6,9H2,(H,16,20)(H,17,19). The van der Waals surface area contributed by atoms with Gasteiger partial charge >= 0.3 is 0 Å². The summed E-state index contributed by atoms with van der Waals surface area (Å²) in [6.45, 7) is 0.538. The molecule has 0 bridgehead atoms. The van der Waals surface area contributed by atoms with E-state index in [1.54, 1.807) is 23.6 Å². The summed E-state index contributed by atoms with van der Waals surface area (Å²) in [6, 6.07) is 5.08. The Morgan fingerprint density at radius 3 is 2.86 bits per heavy atom. The Balaban J connectivity index is 1.57. The van der Waals surface area contributed by atoms with Gasteiger partial charge in [0.1, 0.15) is 11.9 Å². The summed E-state index contributed by atoms with van der Waals surface area (Å²) in [5.74, 6) is 0.119. The predicted octanol–water partition coefficient (Wildman–Crippen LogP) is 1.70. The summed E-state index contributed by atoms with van der Waals surface area (Å²) in [7, 11) is 0. The van der Waals surface area contributed by atoms with Crippen LogP contribution >= 0.6 is 11.3 Å².